The molecule has 4 heteroatoms. The van der Waals surface area contributed by atoms with Gasteiger partial charge in [-0.25, -0.2) is 4.39 Å². The number of Topliss-reactive ketones (excluding diaryl/α,β-unsaturated/α-hetero) is 1. The van der Waals surface area contributed by atoms with Crippen molar-refractivity contribution in [2.45, 2.75) is 24.9 Å². The standard InChI is InChI=1S/C19H17FO3/c1-23-18(21)11-14-10-17(20)19(22)15-8-7-13(9-16(14)15)12-5-3-2-4-6-12/h2-9,14,17H,10-11H2,1H3. The molecule has 0 amide bonds. The van der Waals surface area contributed by atoms with Gasteiger partial charge in [-0.15, -0.1) is 0 Å². The first-order chi connectivity index (χ1) is 11.1. The van der Waals surface area contributed by atoms with Crippen molar-refractivity contribution in [2.24, 2.45) is 0 Å². The minimum Gasteiger partial charge on any atom is -0.469 e. The van der Waals surface area contributed by atoms with Crippen molar-refractivity contribution >= 4 is 11.8 Å². The van der Waals surface area contributed by atoms with Crippen LogP contribution in [0.15, 0.2) is 48.5 Å². The number of rotatable bonds is 3. The second kappa shape index (κ2) is 6.32. The molecule has 0 radical (unpaired) electrons. The third kappa shape index (κ3) is 3.02. The lowest BCUT2D eigenvalue weighted by Gasteiger charge is -2.26. The average molecular weight is 312 g/mol. The summed E-state index contributed by atoms with van der Waals surface area (Å²) in [7, 11) is 1.31. The molecule has 23 heavy (non-hydrogen) atoms. The number of alkyl halides is 1. The Bertz CT molecular complexity index is 740. The maximum Gasteiger partial charge on any atom is 0.306 e. The molecule has 0 N–H and O–H groups in total. The van der Waals surface area contributed by atoms with E-state index in [0.717, 1.165) is 16.7 Å². The van der Waals surface area contributed by atoms with E-state index in [0.29, 0.717) is 5.56 Å². The summed E-state index contributed by atoms with van der Waals surface area (Å²) in [4.78, 5) is 23.7. The van der Waals surface area contributed by atoms with Crippen LogP contribution in [0.3, 0.4) is 0 Å². The number of benzene rings is 2. The molecule has 0 aliphatic heterocycles. The Labute approximate surface area is 134 Å². The molecule has 3 rings (SSSR count). The number of hydrogen-bond donors (Lipinski definition) is 0. The molecular formula is C19H17FO3. The number of fused-ring (bicyclic) bond motifs is 1. The normalized spacial score (nSPS) is 20.0. The molecule has 1 aliphatic rings. The molecule has 1 aliphatic carbocycles. The number of hydrogen-bond acceptors (Lipinski definition) is 3. The predicted octanol–water partition coefficient (Wildman–Crippen LogP) is 3.92. The predicted molar refractivity (Wildman–Crippen MR) is 85.1 cm³/mol. The number of carbonyl (C=O) groups is 2. The van der Waals surface area contributed by atoms with Crippen molar-refractivity contribution in [1.82, 2.24) is 0 Å². The Morgan fingerprint density at radius 3 is 2.61 bits per heavy atom. The van der Waals surface area contributed by atoms with Crippen LogP contribution in [0.25, 0.3) is 11.1 Å². The van der Waals surface area contributed by atoms with Crippen molar-refractivity contribution in [3.05, 3.63) is 59.7 Å². The van der Waals surface area contributed by atoms with Gasteiger partial charge in [0.25, 0.3) is 0 Å². The monoisotopic (exact) mass is 312 g/mol. The van der Waals surface area contributed by atoms with E-state index in [1.165, 1.54) is 7.11 Å². The van der Waals surface area contributed by atoms with E-state index in [1.54, 1.807) is 6.07 Å². The van der Waals surface area contributed by atoms with E-state index in [-0.39, 0.29) is 18.8 Å². The molecule has 3 nitrogen and oxygen atoms in total. The molecular weight excluding hydrogens is 295 g/mol. The van der Waals surface area contributed by atoms with E-state index in [4.69, 9.17) is 4.74 Å². The number of carbonyl (C=O) groups excluding carboxylic acids is 2. The maximum atomic E-state index is 14.0. The van der Waals surface area contributed by atoms with Crippen LogP contribution in [-0.4, -0.2) is 25.0 Å². The van der Waals surface area contributed by atoms with Crippen molar-refractivity contribution in [3.8, 4) is 11.1 Å². The first-order valence-corrected chi connectivity index (χ1v) is 7.54. The molecule has 118 valence electrons. The zero-order chi connectivity index (χ0) is 16.4. The molecule has 0 aromatic heterocycles. The van der Waals surface area contributed by atoms with E-state index < -0.39 is 17.9 Å². The van der Waals surface area contributed by atoms with Gasteiger partial charge in [0.05, 0.1) is 13.5 Å². The topological polar surface area (TPSA) is 43.4 Å². The van der Waals surface area contributed by atoms with Crippen LogP contribution >= 0.6 is 0 Å². The molecule has 0 spiro atoms. The maximum absolute atomic E-state index is 14.0. The lowest BCUT2D eigenvalue weighted by Crippen LogP contribution is -2.28. The average Bonchev–Trinajstić information content (AvgIpc) is 2.59. The van der Waals surface area contributed by atoms with Crippen LogP contribution in [0.4, 0.5) is 4.39 Å². The highest BCUT2D eigenvalue weighted by Crippen LogP contribution is 2.37. The van der Waals surface area contributed by atoms with Gasteiger partial charge in [-0.05, 0) is 29.0 Å². The van der Waals surface area contributed by atoms with Crippen molar-refractivity contribution < 1.29 is 18.7 Å². The Balaban J connectivity index is 2.04. The summed E-state index contributed by atoms with van der Waals surface area (Å²) < 4.78 is 18.7. The zero-order valence-electron chi connectivity index (χ0n) is 12.8. The van der Waals surface area contributed by atoms with Crippen molar-refractivity contribution in [1.29, 1.82) is 0 Å². The summed E-state index contributed by atoms with van der Waals surface area (Å²) >= 11 is 0. The summed E-state index contributed by atoms with van der Waals surface area (Å²) in [5.41, 5.74) is 3.07. The van der Waals surface area contributed by atoms with E-state index in [1.807, 2.05) is 42.5 Å². The van der Waals surface area contributed by atoms with Crippen LogP contribution in [0.5, 0.6) is 0 Å². The lowest BCUT2D eigenvalue weighted by molar-refractivity contribution is -0.141. The highest BCUT2D eigenvalue weighted by Gasteiger charge is 2.35. The Morgan fingerprint density at radius 2 is 1.91 bits per heavy atom. The Kier molecular flexibility index (Phi) is 4.24. The van der Waals surface area contributed by atoms with Gasteiger partial charge in [0.15, 0.2) is 12.0 Å². The minimum atomic E-state index is -1.56. The Hall–Kier alpha value is -2.49. The number of ketones is 1. The van der Waals surface area contributed by atoms with Crippen LogP contribution in [0.1, 0.15) is 34.7 Å². The second-order valence-electron chi connectivity index (χ2n) is 5.71. The molecule has 2 aromatic rings. The fourth-order valence-corrected chi connectivity index (χ4v) is 3.07. The first-order valence-electron chi connectivity index (χ1n) is 7.54. The summed E-state index contributed by atoms with van der Waals surface area (Å²) in [5.74, 6) is -1.23. The second-order valence-corrected chi connectivity index (χ2v) is 5.71. The van der Waals surface area contributed by atoms with Crippen molar-refractivity contribution in [2.75, 3.05) is 7.11 Å². The molecule has 2 atom stereocenters. The van der Waals surface area contributed by atoms with Crippen LogP contribution in [-0.2, 0) is 9.53 Å². The molecule has 0 heterocycles. The molecule has 0 saturated heterocycles. The molecule has 0 saturated carbocycles. The zero-order valence-corrected chi connectivity index (χ0v) is 12.8. The molecule has 2 unspecified atom stereocenters. The van der Waals surface area contributed by atoms with Gasteiger partial charge in [-0.3, -0.25) is 9.59 Å². The van der Waals surface area contributed by atoms with Gasteiger partial charge in [-0.1, -0.05) is 48.5 Å². The number of halogens is 1. The van der Waals surface area contributed by atoms with Gasteiger partial charge < -0.3 is 4.74 Å². The van der Waals surface area contributed by atoms with Crippen LogP contribution in [0, 0.1) is 0 Å². The van der Waals surface area contributed by atoms with Crippen LogP contribution in [0.2, 0.25) is 0 Å². The Morgan fingerprint density at radius 1 is 1.17 bits per heavy atom. The van der Waals surface area contributed by atoms with Crippen molar-refractivity contribution in [3.63, 3.8) is 0 Å². The van der Waals surface area contributed by atoms with Gasteiger partial charge in [-0.2, -0.15) is 0 Å². The SMILES string of the molecule is COC(=O)CC1CC(F)C(=O)c2ccc(-c3ccccc3)cc21. The first kappa shape index (κ1) is 15.4. The number of esters is 1. The highest BCUT2D eigenvalue weighted by molar-refractivity contribution is 6.02. The van der Waals surface area contributed by atoms with Gasteiger partial charge >= 0.3 is 5.97 Å². The summed E-state index contributed by atoms with van der Waals surface area (Å²) in [6.07, 6.45) is -1.45. The van der Waals surface area contributed by atoms with E-state index in [2.05, 4.69) is 0 Å². The molecule has 0 fully saturated rings. The van der Waals surface area contributed by atoms with E-state index >= 15 is 0 Å². The highest BCUT2D eigenvalue weighted by atomic mass is 19.1. The third-order valence-corrected chi connectivity index (χ3v) is 4.28. The molecule has 2 aromatic carbocycles. The smallest absolute Gasteiger partial charge is 0.306 e. The van der Waals surface area contributed by atoms with Gasteiger partial charge in [0, 0.05) is 5.56 Å². The quantitative estimate of drug-likeness (QED) is 0.807. The fourth-order valence-electron chi connectivity index (χ4n) is 3.07. The van der Waals surface area contributed by atoms with E-state index in [9.17, 15) is 14.0 Å². The number of ether oxygens (including phenoxy) is 1. The summed E-state index contributed by atoms with van der Waals surface area (Å²) in [6.45, 7) is 0. The lowest BCUT2D eigenvalue weighted by atomic mass is 9.78. The van der Waals surface area contributed by atoms with Gasteiger partial charge in [0.1, 0.15) is 0 Å². The summed E-state index contributed by atoms with van der Waals surface area (Å²) in [6, 6.07) is 15.1. The summed E-state index contributed by atoms with van der Waals surface area (Å²) in [5, 5.41) is 0. The molecule has 0 bridgehead atoms. The number of methoxy groups -OCH3 is 1. The van der Waals surface area contributed by atoms with Crippen LogP contribution < -0.4 is 0 Å². The minimum absolute atomic E-state index is 0.0270. The van der Waals surface area contributed by atoms with Gasteiger partial charge in [0.2, 0.25) is 0 Å². The largest absolute Gasteiger partial charge is 0.469 e. The fraction of sp³-hybridized carbons (Fsp3) is 0.263. The third-order valence-electron chi connectivity index (χ3n) is 4.28.